The Morgan fingerprint density at radius 3 is 2.96 bits per heavy atom. The summed E-state index contributed by atoms with van der Waals surface area (Å²) in [5.41, 5.74) is 0.157. The molecule has 2 aromatic rings. The second-order valence-electron chi connectivity index (χ2n) is 5.86. The predicted molar refractivity (Wildman–Crippen MR) is 84.7 cm³/mol. The maximum absolute atomic E-state index is 12.7. The fraction of sp³-hybridized carbons (Fsp3) is 0.467. The van der Waals surface area contributed by atoms with Crippen molar-refractivity contribution in [3.63, 3.8) is 0 Å². The van der Waals surface area contributed by atoms with Gasteiger partial charge in [-0.15, -0.1) is 0 Å². The fourth-order valence-corrected chi connectivity index (χ4v) is 3.09. The number of nitro benzene ring substituents is 1. The zero-order valence-corrected chi connectivity index (χ0v) is 13.3. The lowest BCUT2D eigenvalue weighted by molar-refractivity contribution is -0.385. The largest absolute Gasteiger partial charge is 0.432 e. The molecule has 1 aliphatic rings. The molecule has 3 rings (SSSR count). The average molecular weight is 353 g/mol. The first-order valence-electron chi connectivity index (χ1n) is 7.83. The molecular weight excluding hydrogens is 336 g/mol. The summed E-state index contributed by atoms with van der Waals surface area (Å²) < 4.78 is 31.7. The van der Waals surface area contributed by atoms with Crippen LogP contribution < -0.4 is 9.64 Å². The molecule has 0 radical (unpaired) electrons. The van der Waals surface area contributed by atoms with E-state index in [2.05, 4.69) is 14.8 Å². The van der Waals surface area contributed by atoms with Gasteiger partial charge in [-0.05, 0) is 24.8 Å². The number of non-ortho nitro benzene ring substituents is 1. The molecule has 1 saturated heterocycles. The SMILES string of the molecule is O=[N+]([O-])c1ccc(N2CCC[C@@H](Cn3cncn3)C2)c(OC(F)F)c1. The molecule has 1 aromatic carbocycles. The first-order valence-corrected chi connectivity index (χ1v) is 7.83. The minimum absolute atomic E-state index is 0.175. The van der Waals surface area contributed by atoms with Crippen LogP contribution in [0.1, 0.15) is 12.8 Å². The van der Waals surface area contributed by atoms with Gasteiger partial charge in [0.1, 0.15) is 12.7 Å². The van der Waals surface area contributed by atoms with Gasteiger partial charge in [-0.25, -0.2) is 4.98 Å². The van der Waals surface area contributed by atoms with Gasteiger partial charge in [0.2, 0.25) is 0 Å². The van der Waals surface area contributed by atoms with E-state index >= 15 is 0 Å². The lowest BCUT2D eigenvalue weighted by Gasteiger charge is -2.35. The average Bonchev–Trinajstić information content (AvgIpc) is 3.07. The van der Waals surface area contributed by atoms with E-state index in [0.29, 0.717) is 25.3 Å². The van der Waals surface area contributed by atoms with Crippen LogP contribution in [0, 0.1) is 16.0 Å². The molecule has 10 heteroatoms. The van der Waals surface area contributed by atoms with Gasteiger partial charge in [-0.3, -0.25) is 14.8 Å². The summed E-state index contributed by atoms with van der Waals surface area (Å²) in [7, 11) is 0. The van der Waals surface area contributed by atoms with Crippen molar-refractivity contribution >= 4 is 11.4 Å². The molecule has 25 heavy (non-hydrogen) atoms. The van der Waals surface area contributed by atoms with Crippen molar-refractivity contribution in [2.45, 2.75) is 26.0 Å². The maximum atomic E-state index is 12.7. The predicted octanol–water partition coefficient (Wildman–Crippen LogP) is 2.70. The van der Waals surface area contributed by atoms with Crippen molar-refractivity contribution in [2.24, 2.45) is 5.92 Å². The number of ether oxygens (including phenoxy) is 1. The van der Waals surface area contributed by atoms with E-state index in [1.807, 2.05) is 4.90 Å². The summed E-state index contributed by atoms with van der Waals surface area (Å²) in [5.74, 6) is 0.0932. The number of halogens is 2. The highest BCUT2D eigenvalue weighted by Crippen LogP contribution is 2.35. The zero-order valence-electron chi connectivity index (χ0n) is 13.3. The highest BCUT2D eigenvalue weighted by molar-refractivity contribution is 5.62. The Hall–Kier alpha value is -2.78. The number of hydrogen-bond acceptors (Lipinski definition) is 6. The third kappa shape index (κ3) is 4.20. The number of nitro groups is 1. The summed E-state index contributed by atoms with van der Waals surface area (Å²) in [5, 5.41) is 15.0. The van der Waals surface area contributed by atoms with Crippen LogP contribution in [0.4, 0.5) is 20.2 Å². The van der Waals surface area contributed by atoms with Crippen LogP contribution in [-0.4, -0.2) is 39.4 Å². The second kappa shape index (κ2) is 7.41. The smallest absolute Gasteiger partial charge is 0.387 e. The quantitative estimate of drug-likeness (QED) is 0.586. The summed E-state index contributed by atoms with van der Waals surface area (Å²) in [6.07, 6.45) is 4.96. The van der Waals surface area contributed by atoms with E-state index in [-0.39, 0.29) is 17.4 Å². The maximum Gasteiger partial charge on any atom is 0.387 e. The number of benzene rings is 1. The van der Waals surface area contributed by atoms with Crippen molar-refractivity contribution in [1.82, 2.24) is 14.8 Å². The van der Waals surface area contributed by atoms with E-state index in [9.17, 15) is 18.9 Å². The van der Waals surface area contributed by atoms with Crippen LogP contribution in [0.3, 0.4) is 0 Å². The Bertz CT molecular complexity index is 726. The van der Waals surface area contributed by atoms with E-state index in [1.54, 1.807) is 11.0 Å². The number of rotatable bonds is 6. The van der Waals surface area contributed by atoms with Crippen LogP contribution in [0.5, 0.6) is 5.75 Å². The molecule has 0 unspecified atom stereocenters. The lowest BCUT2D eigenvalue weighted by Crippen LogP contribution is -2.37. The molecular formula is C15H17F2N5O3. The summed E-state index contributed by atoms with van der Waals surface area (Å²) in [4.78, 5) is 16.1. The molecule has 8 nitrogen and oxygen atoms in total. The van der Waals surface area contributed by atoms with Crippen molar-refractivity contribution in [3.05, 3.63) is 41.0 Å². The van der Waals surface area contributed by atoms with Crippen molar-refractivity contribution in [2.75, 3.05) is 18.0 Å². The summed E-state index contributed by atoms with van der Waals surface area (Å²) in [6.45, 7) is -1.08. The highest BCUT2D eigenvalue weighted by Gasteiger charge is 2.25. The second-order valence-corrected chi connectivity index (χ2v) is 5.86. The molecule has 0 aliphatic carbocycles. The van der Waals surface area contributed by atoms with Crippen LogP contribution in [0.25, 0.3) is 0 Å². The van der Waals surface area contributed by atoms with E-state index in [1.165, 1.54) is 18.5 Å². The molecule has 0 spiro atoms. The van der Waals surface area contributed by atoms with Gasteiger partial charge in [0.25, 0.3) is 5.69 Å². The number of nitrogens with zero attached hydrogens (tertiary/aromatic N) is 5. The minimum Gasteiger partial charge on any atom is -0.432 e. The molecule has 0 amide bonds. The van der Waals surface area contributed by atoms with E-state index < -0.39 is 11.5 Å². The molecule has 1 atom stereocenters. The van der Waals surface area contributed by atoms with Gasteiger partial charge in [-0.1, -0.05) is 0 Å². The van der Waals surface area contributed by atoms with Crippen LogP contribution >= 0.6 is 0 Å². The molecule has 0 N–H and O–H groups in total. The normalized spacial score (nSPS) is 17.7. The third-order valence-corrected chi connectivity index (χ3v) is 4.14. The monoisotopic (exact) mass is 353 g/mol. The summed E-state index contributed by atoms with van der Waals surface area (Å²) >= 11 is 0. The van der Waals surface area contributed by atoms with E-state index in [4.69, 9.17) is 0 Å². The Kier molecular flexibility index (Phi) is 5.05. The van der Waals surface area contributed by atoms with Gasteiger partial charge in [0, 0.05) is 25.7 Å². The number of aromatic nitrogens is 3. The fourth-order valence-electron chi connectivity index (χ4n) is 3.09. The molecule has 2 heterocycles. The summed E-state index contributed by atoms with van der Waals surface area (Å²) in [6, 6.07) is 3.81. The highest BCUT2D eigenvalue weighted by atomic mass is 19.3. The Balaban J connectivity index is 1.80. The lowest BCUT2D eigenvalue weighted by atomic mass is 9.97. The van der Waals surface area contributed by atoms with E-state index in [0.717, 1.165) is 18.9 Å². The first kappa shape index (κ1) is 17.1. The Morgan fingerprint density at radius 2 is 2.28 bits per heavy atom. The van der Waals surface area contributed by atoms with Gasteiger partial charge in [0.15, 0.2) is 5.75 Å². The number of alkyl halides is 2. The Labute approximate surface area is 142 Å². The van der Waals surface area contributed by atoms with Crippen LogP contribution in [0.2, 0.25) is 0 Å². The van der Waals surface area contributed by atoms with Gasteiger partial charge >= 0.3 is 6.61 Å². The third-order valence-electron chi connectivity index (χ3n) is 4.14. The molecule has 1 aromatic heterocycles. The van der Waals surface area contributed by atoms with Gasteiger partial charge in [0.05, 0.1) is 16.7 Å². The van der Waals surface area contributed by atoms with Gasteiger partial charge in [-0.2, -0.15) is 13.9 Å². The number of anilines is 1. The van der Waals surface area contributed by atoms with Crippen molar-refractivity contribution in [3.8, 4) is 5.75 Å². The zero-order chi connectivity index (χ0) is 17.8. The molecule has 0 bridgehead atoms. The number of piperidine rings is 1. The molecule has 134 valence electrons. The number of hydrogen-bond donors (Lipinski definition) is 0. The topological polar surface area (TPSA) is 86.3 Å². The molecule has 1 fully saturated rings. The minimum atomic E-state index is -3.04. The van der Waals surface area contributed by atoms with Crippen LogP contribution in [0.15, 0.2) is 30.9 Å². The first-order chi connectivity index (χ1) is 12.0. The standard InChI is InChI=1S/C15H17F2N5O3/c16-15(17)25-14-6-12(22(23)24)3-4-13(14)20-5-1-2-11(7-20)8-21-10-18-9-19-21/h3-4,6,9-11,15H,1-2,5,7-8H2/t11-/m1/s1. The Morgan fingerprint density at radius 1 is 1.44 bits per heavy atom. The van der Waals surface area contributed by atoms with Crippen molar-refractivity contribution in [1.29, 1.82) is 0 Å². The van der Waals surface area contributed by atoms with Gasteiger partial charge < -0.3 is 9.64 Å². The molecule has 0 saturated carbocycles. The molecule has 1 aliphatic heterocycles. The van der Waals surface area contributed by atoms with Crippen LogP contribution in [-0.2, 0) is 6.54 Å². The van der Waals surface area contributed by atoms with Crippen molar-refractivity contribution < 1.29 is 18.4 Å².